The van der Waals surface area contributed by atoms with Crippen LogP contribution in [0, 0.1) is 5.82 Å². The summed E-state index contributed by atoms with van der Waals surface area (Å²) >= 11 is 0. The molecule has 2 rings (SSSR count). The lowest BCUT2D eigenvalue weighted by atomic mass is 10.1. The molecular formula is C19H16F4N2O2. The van der Waals surface area contributed by atoms with Crippen LogP contribution in [0.5, 0.6) is 0 Å². The summed E-state index contributed by atoms with van der Waals surface area (Å²) in [5.74, 6) is -3.05. The first-order chi connectivity index (χ1) is 12.8. The Kier molecular flexibility index (Phi) is 6.70. The first kappa shape index (κ1) is 20.2. The van der Waals surface area contributed by atoms with Gasteiger partial charge in [0.25, 0.3) is 5.78 Å². The third-order valence-electron chi connectivity index (χ3n) is 3.52. The average Bonchev–Trinajstić information content (AvgIpc) is 2.62. The third kappa shape index (κ3) is 6.58. The van der Waals surface area contributed by atoms with Gasteiger partial charge in [0.2, 0.25) is 5.91 Å². The number of alkyl halides is 3. The Labute approximate surface area is 152 Å². The number of benzene rings is 2. The number of amides is 1. The maximum atomic E-state index is 13.0. The summed E-state index contributed by atoms with van der Waals surface area (Å²) in [6, 6.07) is 12.9. The second-order valence-corrected chi connectivity index (χ2v) is 5.60. The van der Waals surface area contributed by atoms with Crippen LogP contribution in [-0.4, -0.2) is 23.9 Å². The van der Waals surface area contributed by atoms with Gasteiger partial charge in [-0.3, -0.25) is 9.59 Å². The van der Waals surface area contributed by atoms with Gasteiger partial charge < -0.3 is 10.6 Å². The number of hydrogen-bond acceptors (Lipinski definition) is 3. The van der Waals surface area contributed by atoms with Crippen molar-refractivity contribution >= 4 is 17.4 Å². The van der Waals surface area contributed by atoms with Crippen LogP contribution in [0.25, 0.3) is 0 Å². The van der Waals surface area contributed by atoms with E-state index in [0.29, 0.717) is 11.8 Å². The van der Waals surface area contributed by atoms with E-state index in [1.807, 2.05) is 0 Å². The number of hydrogen-bond donors (Lipinski definition) is 2. The summed E-state index contributed by atoms with van der Waals surface area (Å²) in [6.07, 6.45) is -3.70. The van der Waals surface area contributed by atoms with Crippen molar-refractivity contribution in [2.45, 2.75) is 18.6 Å². The van der Waals surface area contributed by atoms with Crippen LogP contribution >= 0.6 is 0 Å². The molecule has 1 amide bonds. The van der Waals surface area contributed by atoms with Gasteiger partial charge in [0.05, 0.1) is 0 Å². The molecule has 2 aromatic rings. The van der Waals surface area contributed by atoms with Crippen LogP contribution in [0.15, 0.2) is 66.9 Å². The van der Waals surface area contributed by atoms with Crippen LogP contribution < -0.4 is 10.6 Å². The van der Waals surface area contributed by atoms with E-state index in [-0.39, 0.29) is 6.42 Å². The smallest absolute Gasteiger partial charge is 0.379 e. The minimum absolute atomic E-state index is 0.165. The lowest BCUT2D eigenvalue weighted by Gasteiger charge is -2.17. The lowest BCUT2D eigenvalue weighted by molar-refractivity contribution is -0.165. The van der Waals surface area contributed by atoms with Gasteiger partial charge in [0, 0.05) is 24.4 Å². The maximum absolute atomic E-state index is 13.0. The van der Waals surface area contributed by atoms with Gasteiger partial charge in [-0.2, -0.15) is 13.2 Å². The molecule has 27 heavy (non-hydrogen) atoms. The van der Waals surface area contributed by atoms with Gasteiger partial charge >= 0.3 is 6.18 Å². The molecule has 0 saturated carbocycles. The molecule has 2 aromatic carbocycles. The van der Waals surface area contributed by atoms with Crippen molar-refractivity contribution in [1.29, 1.82) is 0 Å². The highest BCUT2D eigenvalue weighted by Gasteiger charge is 2.36. The predicted molar refractivity (Wildman–Crippen MR) is 92.3 cm³/mol. The number of anilines is 1. The molecule has 0 aromatic heterocycles. The number of nitrogens with one attached hydrogen (secondary N) is 2. The van der Waals surface area contributed by atoms with Crippen molar-refractivity contribution in [2.75, 3.05) is 5.32 Å². The fourth-order valence-corrected chi connectivity index (χ4v) is 2.17. The Morgan fingerprint density at radius 1 is 1.00 bits per heavy atom. The molecule has 0 bridgehead atoms. The van der Waals surface area contributed by atoms with Crippen LogP contribution in [0.1, 0.15) is 5.56 Å². The van der Waals surface area contributed by atoms with Crippen molar-refractivity contribution in [2.24, 2.45) is 0 Å². The van der Waals surface area contributed by atoms with Gasteiger partial charge in [-0.15, -0.1) is 0 Å². The number of carbonyl (C=O) groups excluding carboxylic acids is 2. The first-order valence-corrected chi connectivity index (χ1v) is 7.90. The van der Waals surface area contributed by atoms with Crippen LogP contribution in [0.2, 0.25) is 0 Å². The molecule has 0 radical (unpaired) electrons. The number of allylic oxidation sites excluding steroid dienone is 1. The molecule has 0 aliphatic heterocycles. The SMILES string of the molecule is O=C(Nc1ccc(F)cc1)C(Cc1ccccc1)N/C=C/C(=O)C(F)(F)F. The Bertz CT molecular complexity index is 803. The summed E-state index contributed by atoms with van der Waals surface area (Å²) in [7, 11) is 0. The van der Waals surface area contributed by atoms with Crippen LogP contribution in [0.3, 0.4) is 0 Å². The normalized spacial score (nSPS) is 12.6. The number of halogens is 4. The van der Waals surface area contributed by atoms with Crippen LogP contribution in [-0.2, 0) is 16.0 Å². The predicted octanol–water partition coefficient (Wildman–Crippen LogP) is 3.61. The lowest BCUT2D eigenvalue weighted by Crippen LogP contribution is -2.39. The van der Waals surface area contributed by atoms with E-state index >= 15 is 0 Å². The molecule has 0 heterocycles. The molecule has 0 spiro atoms. The molecule has 2 N–H and O–H groups in total. The summed E-state index contributed by atoms with van der Waals surface area (Å²) < 4.78 is 49.7. The quantitative estimate of drug-likeness (QED) is 0.570. The Balaban J connectivity index is 2.10. The topological polar surface area (TPSA) is 58.2 Å². The van der Waals surface area contributed by atoms with E-state index in [2.05, 4.69) is 10.6 Å². The van der Waals surface area contributed by atoms with Gasteiger partial charge in [0.1, 0.15) is 11.9 Å². The summed E-state index contributed by atoms with van der Waals surface area (Å²) in [5.41, 5.74) is 1.09. The average molecular weight is 380 g/mol. The summed E-state index contributed by atoms with van der Waals surface area (Å²) in [6.45, 7) is 0. The van der Waals surface area contributed by atoms with E-state index in [0.717, 1.165) is 23.9 Å². The minimum Gasteiger partial charge on any atom is -0.379 e. The third-order valence-corrected chi connectivity index (χ3v) is 3.52. The second-order valence-electron chi connectivity index (χ2n) is 5.60. The second kappa shape index (κ2) is 8.98. The van der Waals surface area contributed by atoms with Crippen molar-refractivity contribution < 1.29 is 27.2 Å². The van der Waals surface area contributed by atoms with E-state index < -0.39 is 29.7 Å². The van der Waals surface area contributed by atoms with E-state index in [1.54, 1.807) is 30.3 Å². The Morgan fingerprint density at radius 2 is 1.63 bits per heavy atom. The largest absolute Gasteiger partial charge is 0.454 e. The van der Waals surface area contributed by atoms with E-state index in [1.165, 1.54) is 12.1 Å². The fourth-order valence-electron chi connectivity index (χ4n) is 2.17. The summed E-state index contributed by atoms with van der Waals surface area (Å²) in [5, 5.41) is 5.06. The molecule has 142 valence electrons. The summed E-state index contributed by atoms with van der Waals surface area (Å²) in [4.78, 5) is 23.4. The number of carbonyl (C=O) groups is 2. The Morgan fingerprint density at radius 3 is 2.22 bits per heavy atom. The first-order valence-electron chi connectivity index (χ1n) is 7.90. The van der Waals surface area contributed by atoms with Crippen molar-refractivity contribution in [3.8, 4) is 0 Å². The highest BCUT2D eigenvalue weighted by atomic mass is 19.4. The molecular weight excluding hydrogens is 364 g/mol. The van der Waals surface area contributed by atoms with Gasteiger partial charge in [-0.05, 0) is 29.8 Å². The van der Waals surface area contributed by atoms with Gasteiger partial charge in [-0.1, -0.05) is 30.3 Å². The highest BCUT2D eigenvalue weighted by molar-refractivity contribution is 5.96. The molecule has 1 unspecified atom stereocenters. The molecule has 0 aliphatic carbocycles. The minimum atomic E-state index is -4.98. The standard InChI is InChI=1S/C19H16F4N2O2/c20-14-6-8-15(9-7-14)25-18(27)16(12-13-4-2-1-3-5-13)24-11-10-17(26)19(21,22)23/h1-11,16,24H,12H2,(H,25,27)/b11-10+. The van der Waals surface area contributed by atoms with Crippen LogP contribution in [0.4, 0.5) is 23.2 Å². The molecule has 0 saturated heterocycles. The Hall–Kier alpha value is -3.16. The van der Waals surface area contributed by atoms with E-state index in [9.17, 15) is 27.2 Å². The molecule has 0 fully saturated rings. The van der Waals surface area contributed by atoms with Crippen molar-refractivity contribution in [3.63, 3.8) is 0 Å². The van der Waals surface area contributed by atoms with Gasteiger partial charge in [0.15, 0.2) is 0 Å². The monoisotopic (exact) mass is 380 g/mol. The van der Waals surface area contributed by atoms with E-state index in [4.69, 9.17) is 0 Å². The molecule has 4 nitrogen and oxygen atoms in total. The number of rotatable bonds is 7. The van der Waals surface area contributed by atoms with Crippen molar-refractivity contribution in [3.05, 3.63) is 78.3 Å². The fraction of sp³-hybridized carbons (Fsp3) is 0.158. The molecule has 8 heteroatoms. The number of ketones is 1. The zero-order valence-corrected chi connectivity index (χ0v) is 14.0. The molecule has 1 atom stereocenters. The molecule has 0 aliphatic rings. The zero-order valence-electron chi connectivity index (χ0n) is 14.0. The van der Waals surface area contributed by atoms with Crippen molar-refractivity contribution in [1.82, 2.24) is 5.32 Å². The maximum Gasteiger partial charge on any atom is 0.454 e. The zero-order chi connectivity index (χ0) is 19.9. The highest BCUT2D eigenvalue weighted by Crippen LogP contribution is 2.16. The van der Waals surface area contributed by atoms with Gasteiger partial charge in [-0.25, -0.2) is 4.39 Å².